The van der Waals surface area contributed by atoms with Crippen LogP contribution in [-0.2, 0) is 5.41 Å². The van der Waals surface area contributed by atoms with Gasteiger partial charge in [0.15, 0.2) is 11.5 Å². The molecule has 0 fully saturated rings. The van der Waals surface area contributed by atoms with Gasteiger partial charge in [0.05, 0.1) is 32.7 Å². The number of hydrogen-bond acceptors (Lipinski definition) is 7. The van der Waals surface area contributed by atoms with E-state index >= 15 is 0 Å². The number of ether oxygens (including phenoxy) is 3. The van der Waals surface area contributed by atoms with Gasteiger partial charge in [0.1, 0.15) is 5.69 Å². The molecule has 2 N–H and O–H groups in total. The summed E-state index contributed by atoms with van der Waals surface area (Å²) in [5.41, 5.74) is 2.07. The van der Waals surface area contributed by atoms with Crippen molar-refractivity contribution in [2.24, 2.45) is 0 Å². The lowest BCUT2D eigenvalue weighted by molar-refractivity contribution is 0.101. The minimum atomic E-state index is -0.396. The van der Waals surface area contributed by atoms with E-state index < -0.39 is 5.91 Å². The highest BCUT2D eigenvalue weighted by Gasteiger charge is 2.21. The van der Waals surface area contributed by atoms with Gasteiger partial charge in [0.25, 0.3) is 5.91 Å². The highest BCUT2D eigenvalue weighted by molar-refractivity contribution is 6.02. The van der Waals surface area contributed by atoms with Crippen LogP contribution in [-0.4, -0.2) is 42.6 Å². The molecule has 3 rings (SSSR count). The van der Waals surface area contributed by atoms with E-state index in [9.17, 15) is 4.79 Å². The predicted molar refractivity (Wildman–Crippen MR) is 107 cm³/mol. The van der Waals surface area contributed by atoms with E-state index in [0.717, 1.165) is 5.69 Å². The zero-order chi connectivity index (χ0) is 21.2. The summed E-state index contributed by atoms with van der Waals surface area (Å²) in [7, 11) is 4.60. The highest BCUT2D eigenvalue weighted by atomic mass is 16.5. The molecule has 2 heterocycles. The Morgan fingerprint density at radius 3 is 2.21 bits per heavy atom. The summed E-state index contributed by atoms with van der Waals surface area (Å²) in [5, 5.41) is 13.6. The van der Waals surface area contributed by atoms with Crippen LogP contribution in [0, 0.1) is 0 Å². The van der Waals surface area contributed by atoms with Gasteiger partial charge in [-0.05, 0) is 18.2 Å². The molecule has 3 aromatic rings. The lowest BCUT2D eigenvalue weighted by Crippen LogP contribution is -2.12. The van der Waals surface area contributed by atoms with Crippen molar-refractivity contribution >= 4 is 11.8 Å². The fraction of sp³-hybridized carbons (Fsp3) is 0.350. The zero-order valence-electron chi connectivity index (χ0n) is 17.2. The minimum Gasteiger partial charge on any atom is -0.493 e. The van der Waals surface area contributed by atoms with Crippen molar-refractivity contribution in [3.05, 3.63) is 35.7 Å². The van der Waals surface area contributed by atoms with E-state index in [1.54, 1.807) is 24.3 Å². The monoisotopic (exact) mass is 400 g/mol. The van der Waals surface area contributed by atoms with Gasteiger partial charge < -0.3 is 18.7 Å². The Morgan fingerprint density at radius 2 is 1.69 bits per heavy atom. The van der Waals surface area contributed by atoms with Crippen LogP contribution in [0.15, 0.2) is 28.8 Å². The van der Waals surface area contributed by atoms with Crippen LogP contribution >= 0.6 is 0 Å². The molecule has 1 amide bonds. The number of rotatable bonds is 6. The largest absolute Gasteiger partial charge is 0.493 e. The van der Waals surface area contributed by atoms with E-state index in [1.165, 1.54) is 21.3 Å². The van der Waals surface area contributed by atoms with E-state index in [2.05, 4.69) is 20.7 Å². The number of hydrogen-bond donors (Lipinski definition) is 2. The number of carbonyl (C=O) groups excluding carboxylic acids is 1. The average Bonchev–Trinajstić information content (AvgIpc) is 3.36. The van der Waals surface area contributed by atoms with Crippen molar-refractivity contribution in [3.8, 4) is 28.5 Å². The van der Waals surface area contributed by atoms with E-state index in [0.29, 0.717) is 28.5 Å². The summed E-state index contributed by atoms with van der Waals surface area (Å²) in [6.07, 6.45) is 0. The maximum atomic E-state index is 12.5. The summed E-state index contributed by atoms with van der Waals surface area (Å²) in [6, 6.07) is 6.84. The summed E-state index contributed by atoms with van der Waals surface area (Å²) < 4.78 is 21.2. The van der Waals surface area contributed by atoms with Crippen LogP contribution in [0.5, 0.6) is 17.2 Å². The molecule has 0 atom stereocenters. The van der Waals surface area contributed by atoms with Crippen molar-refractivity contribution in [2.45, 2.75) is 26.2 Å². The van der Waals surface area contributed by atoms with Gasteiger partial charge in [0, 0.05) is 17.0 Å². The lowest BCUT2D eigenvalue weighted by Gasteiger charge is -2.13. The smallest absolute Gasteiger partial charge is 0.276 e. The van der Waals surface area contributed by atoms with Crippen LogP contribution in [0.4, 0.5) is 5.88 Å². The molecule has 0 aliphatic rings. The van der Waals surface area contributed by atoms with E-state index in [4.69, 9.17) is 18.7 Å². The molecule has 0 unspecified atom stereocenters. The van der Waals surface area contributed by atoms with Gasteiger partial charge in [-0.1, -0.05) is 25.9 Å². The summed E-state index contributed by atoms with van der Waals surface area (Å²) >= 11 is 0. The van der Waals surface area contributed by atoms with Crippen molar-refractivity contribution < 1.29 is 23.5 Å². The number of H-pyrrole nitrogens is 1. The number of methoxy groups -OCH3 is 3. The van der Waals surface area contributed by atoms with Crippen molar-refractivity contribution in [1.82, 2.24) is 15.4 Å². The van der Waals surface area contributed by atoms with E-state index in [1.807, 2.05) is 20.8 Å². The molecule has 0 spiro atoms. The molecule has 0 aliphatic heterocycles. The van der Waals surface area contributed by atoms with Crippen LogP contribution in [0.1, 0.15) is 37.0 Å². The van der Waals surface area contributed by atoms with Crippen LogP contribution in [0.2, 0.25) is 0 Å². The van der Waals surface area contributed by atoms with Gasteiger partial charge >= 0.3 is 0 Å². The van der Waals surface area contributed by atoms with Crippen molar-refractivity contribution in [1.29, 1.82) is 0 Å². The maximum absolute atomic E-state index is 12.5. The standard InChI is InChI=1S/C20H24N4O5/c1-20(2,3)16-10-17(29-24-16)21-19(25)13-9-12(22-23-13)11-7-14(26-4)18(28-6)15(8-11)27-5/h7-10H,1-6H3,(H,21,25)(H,22,23). The Hall–Kier alpha value is -3.49. The first-order valence-corrected chi connectivity index (χ1v) is 8.91. The summed E-state index contributed by atoms with van der Waals surface area (Å²) in [5.74, 6) is 1.34. The van der Waals surface area contributed by atoms with Gasteiger partial charge in [-0.2, -0.15) is 5.10 Å². The Labute approximate surface area is 168 Å². The Bertz CT molecular complexity index is 991. The van der Waals surface area contributed by atoms with Gasteiger partial charge in [-0.15, -0.1) is 0 Å². The predicted octanol–water partition coefficient (Wildman–Crippen LogP) is 3.64. The number of nitrogens with zero attached hydrogens (tertiary/aromatic N) is 2. The zero-order valence-corrected chi connectivity index (χ0v) is 17.2. The molecular formula is C20H24N4O5. The molecule has 1 aromatic carbocycles. The molecule has 0 radical (unpaired) electrons. The first-order valence-electron chi connectivity index (χ1n) is 8.91. The van der Waals surface area contributed by atoms with E-state index in [-0.39, 0.29) is 17.0 Å². The molecule has 29 heavy (non-hydrogen) atoms. The quantitative estimate of drug-likeness (QED) is 0.650. The first kappa shape index (κ1) is 20.2. The number of nitrogens with one attached hydrogen (secondary N) is 2. The van der Waals surface area contributed by atoms with Gasteiger partial charge in [-0.25, -0.2) is 0 Å². The van der Waals surface area contributed by atoms with Crippen LogP contribution in [0.25, 0.3) is 11.3 Å². The van der Waals surface area contributed by atoms with Crippen LogP contribution in [0.3, 0.4) is 0 Å². The third-order valence-electron chi connectivity index (χ3n) is 4.30. The number of carbonyl (C=O) groups is 1. The fourth-order valence-corrected chi connectivity index (χ4v) is 2.68. The second kappa shape index (κ2) is 7.86. The van der Waals surface area contributed by atoms with Gasteiger partial charge in [-0.3, -0.25) is 15.2 Å². The lowest BCUT2D eigenvalue weighted by atomic mass is 9.92. The number of aromatic amines is 1. The molecule has 0 saturated heterocycles. The van der Waals surface area contributed by atoms with Crippen molar-refractivity contribution in [3.63, 3.8) is 0 Å². The molecule has 9 nitrogen and oxygen atoms in total. The number of amides is 1. The van der Waals surface area contributed by atoms with Crippen molar-refractivity contribution in [2.75, 3.05) is 26.6 Å². The third-order valence-corrected chi connectivity index (χ3v) is 4.30. The summed E-state index contributed by atoms with van der Waals surface area (Å²) in [4.78, 5) is 12.5. The molecular weight excluding hydrogens is 376 g/mol. The molecule has 9 heteroatoms. The van der Waals surface area contributed by atoms with Gasteiger partial charge in [0.2, 0.25) is 11.6 Å². The highest BCUT2D eigenvalue weighted by Crippen LogP contribution is 2.40. The first-order chi connectivity index (χ1) is 13.8. The third kappa shape index (κ3) is 4.18. The Balaban J connectivity index is 1.83. The normalized spacial score (nSPS) is 11.2. The maximum Gasteiger partial charge on any atom is 0.276 e. The number of aromatic nitrogens is 3. The SMILES string of the molecule is COc1cc(-c2cc(C(=O)Nc3cc(C(C)(C)C)no3)[nH]n2)cc(OC)c1OC. The summed E-state index contributed by atoms with van der Waals surface area (Å²) in [6.45, 7) is 6.03. The average molecular weight is 400 g/mol. The molecule has 154 valence electrons. The Morgan fingerprint density at radius 1 is 1.03 bits per heavy atom. The van der Waals surface area contributed by atoms with Crippen LogP contribution < -0.4 is 19.5 Å². The fourth-order valence-electron chi connectivity index (χ4n) is 2.68. The Kier molecular flexibility index (Phi) is 5.49. The topological polar surface area (TPSA) is 112 Å². The minimum absolute atomic E-state index is 0.180. The molecule has 2 aromatic heterocycles. The molecule has 0 aliphatic carbocycles. The molecule has 0 bridgehead atoms. The molecule has 0 saturated carbocycles. The number of anilines is 1. The second-order valence-corrected chi connectivity index (χ2v) is 7.36. The second-order valence-electron chi connectivity index (χ2n) is 7.36. The number of benzene rings is 1.